The van der Waals surface area contributed by atoms with Crippen molar-refractivity contribution in [1.29, 1.82) is 0 Å². The van der Waals surface area contributed by atoms with E-state index in [0.717, 1.165) is 16.5 Å². The van der Waals surface area contributed by atoms with Crippen LogP contribution < -0.4 is 0 Å². The smallest absolute Gasteiger partial charge is 0.261 e. The van der Waals surface area contributed by atoms with E-state index in [1.807, 2.05) is 32.0 Å². The lowest BCUT2D eigenvalue weighted by atomic mass is 10.2. The molecule has 0 aliphatic carbocycles. The van der Waals surface area contributed by atoms with Crippen molar-refractivity contribution in [2.45, 2.75) is 25.5 Å². The number of aryl methyl sites for hydroxylation is 1. The molecule has 1 aromatic carbocycles. The summed E-state index contributed by atoms with van der Waals surface area (Å²) in [6.07, 6.45) is 0.712. The second-order valence-corrected chi connectivity index (χ2v) is 5.99. The Morgan fingerprint density at radius 3 is 2.95 bits per heavy atom. The van der Waals surface area contributed by atoms with Gasteiger partial charge < -0.3 is 10.1 Å². The first kappa shape index (κ1) is 13.8. The Morgan fingerprint density at radius 1 is 1.43 bits per heavy atom. The van der Waals surface area contributed by atoms with E-state index in [2.05, 4.69) is 20.2 Å². The largest absolute Gasteiger partial charge is 0.493 e. The van der Waals surface area contributed by atoms with E-state index in [0.29, 0.717) is 17.3 Å². The normalized spacial score (nSPS) is 18.9. The van der Waals surface area contributed by atoms with Gasteiger partial charge in [-0.1, -0.05) is 30.3 Å². The van der Waals surface area contributed by atoms with Gasteiger partial charge in [-0.3, -0.25) is 4.79 Å². The highest BCUT2D eigenvalue weighted by atomic mass is 32.2. The molecule has 7 heteroatoms. The van der Waals surface area contributed by atoms with Gasteiger partial charge in [0.25, 0.3) is 5.91 Å². The van der Waals surface area contributed by atoms with Gasteiger partial charge in [0.15, 0.2) is 5.69 Å². The maximum atomic E-state index is 11.5. The molecule has 0 saturated heterocycles. The molecule has 1 aliphatic rings. The number of azo groups is 1. The van der Waals surface area contributed by atoms with Crippen LogP contribution in [-0.4, -0.2) is 26.4 Å². The van der Waals surface area contributed by atoms with Gasteiger partial charge in [0.05, 0.1) is 10.8 Å². The first-order valence-electron chi connectivity index (χ1n) is 6.60. The van der Waals surface area contributed by atoms with Gasteiger partial charge in [-0.15, -0.1) is 10.2 Å². The van der Waals surface area contributed by atoms with Crippen LogP contribution in [0.4, 0.5) is 5.69 Å². The highest BCUT2D eigenvalue weighted by Crippen LogP contribution is 2.36. The number of H-pyrrole nitrogens is 1. The van der Waals surface area contributed by atoms with Gasteiger partial charge in [0.2, 0.25) is 11.0 Å². The molecule has 2 aromatic rings. The predicted octanol–water partition coefficient (Wildman–Crippen LogP) is 3.67. The monoisotopic (exact) mass is 302 g/mol. The minimum Gasteiger partial charge on any atom is -0.493 e. The number of nitrogens with zero attached hydrogens (tertiary/aromatic N) is 3. The van der Waals surface area contributed by atoms with Gasteiger partial charge >= 0.3 is 0 Å². The second-order valence-electron chi connectivity index (χ2n) is 4.82. The average Bonchev–Trinajstić information content (AvgIpc) is 2.96. The highest BCUT2D eigenvalue weighted by Gasteiger charge is 2.26. The topological polar surface area (TPSA) is 90.2 Å². The quantitative estimate of drug-likeness (QED) is 0.829. The standard InChI is InChI=1S/C14H14N4O2S/c1-3-10-12(19)16-14(21-10)18-17-11-8-6-7(2)4-5-9(8)15-13(11)20/h4-6,10,15,20H,3H2,1-2H3. The number of thioether (sulfide) groups is 1. The summed E-state index contributed by atoms with van der Waals surface area (Å²) < 4.78 is 0. The van der Waals surface area contributed by atoms with Crippen molar-refractivity contribution in [1.82, 2.24) is 4.98 Å². The number of aliphatic imine (C=N–C) groups is 1. The molecule has 21 heavy (non-hydrogen) atoms. The van der Waals surface area contributed by atoms with E-state index in [1.54, 1.807) is 0 Å². The number of aromatic hydroxyl groups is 1. The number of amidine groups is 1. The zero-order chi connectivity index (χ0) is 15.0. The number of aromatic amines is 1. The molecule has 1 aliphatic heterocycles. The van der Waals surface area contributed by atoms with Crippen LogP contribution >= 0.6 is 11.8 Å². The summed E-state index contributed by atoms with van der Waals surface area (Å²) in [6.45, 7) is 3.89. The third kappa shape index (κ3) is 2.56. The van der Waals surface area contributed by atoms with Crippen molar-refractivity contribution < 1.29 is 9.90 Å². The maximum absolute atomic E-state index is 11.5. The van der Waals surface area contributed by atoms with Gasteiger partial charge in [-0.05, 0) is 25.5 Å². The van der Waals surface area contributed by atoms with Crippen molar-refractivity contribution in [3.8, 4) is 5.88 Å². The van der Waals surface area contributed by atoms with Gasteiger partial charge in [0, 0.05) is 5.39 Å². The molecular formula is C14H14N4O2S. The summed E-state index contributed by atoms with van der Waals surface area (Å²) in [4.78, 5) is 18.2. The molecule has 2 heterocycles. The van der Waals surface area contributed by atoms with Crippen LogP contribution in [0.5, 0.6) is 5.88 Å². The Bertz CT molecular complexity index is 779. The van der Waals surface area contributed by atoms with E-state index in [1.165, 1.54) is 11.8 Å². The predicted molar refractivity (Wildman–Crippen MR) is 83.3 cm³/mol. The molecule has 0 bridgehead atoms. The van der Waals surface area contributed by atoms with Crippen LogP contribution in [-0.2, 0) is 4.79 Å². The molecule has 0 fully saturated rings. The molecule has 1 amide bonds. The molecule has 0 radical (unpaired) electrons. The molecule has 1 atom stereocenters. The summed E-state index contributed by atoms with van der Waals surface area (Å²) in [5.74, 6) is -0.211. The zero-order valence-electron chi connectivity index (χ0n) is 11.6. The fraction of sp³-hybridized carbons (Fsp3) is 0.286. The lowest BCUT2D eigenvalue weighted by Crippen LogP contribution is -2.07. The van der Waals surface area contributed by atoms with Crippen molar-refractivity contribution >= 4 is 39.4 Å². The Morgan fingerprint density at radius 2 is 2.24 bits per heavy atom. The first-order chi connectivity index (χ1) is 10.1. The average molecular weight is 302 g/mol. The number of aromatic nitrogens is 1. The number of rotatable bonds is 2. The summed E-state index contributed by atoms with van der Waals surface area (Å²) in [5.41, 5.74) is 2.21. The first-order valence-corrected chi connectivity index (χ1v) is 7.48. The number of nitrogens with one attached hydrogen (secondary N) is 1. The van der Waals surface area contributed by atoms with Gasteiger partial charge in [0.1, 0.15) is 0 Å². The number of carbonyl (C=O) groups is 1. The Labute approximate surface area is 125 Å². The molecular weight excluding hydrogens is 288 g/mol. The Balaban J connectivity index is 1.94. The van der Waals surface area contributed by atoms with Crippen molar-refractivity contribution in [3.63, 3.8) is 0 Å². The number of hydrogen-bond donors (Lipinski definition) is 2. The number of benzene rings is 1. The van der Waals surface area contributed by atoms with Crippen molar-refractivity contribution in [2.24, 2.45) is 15.2 Å². The molecule has 1 unspecified atom stereocenters. The number of amides is 1. The van der Waals surface area contributed by atoms with Crippen LogP contribution in [0.1, 0.15) is 18.9 Å². The Hall–Kier alpha value is -2.15. The van der Waals surface area contributed by atoms with Crippen LogP contribution in [0.3, 0.4) is 0 Å². The fourth-order valence-corrected chi connectivity index (χ4v) is 2.95. The van der Waals surface area contributed by atoms with Crippen LogP contribution in [0.2, 0.25) is 0 Å². The van der Waals surface area contributed by atoms with Crippen LogP contribution in [0.25, 0.3) is 10.9 Å². The molecule has 0 spiro atoms. The number of fused-ring (bicyclic) bond motifs is 1. The minimum atomic E-state index is -0.171. The molecule has 3 rings (SSSR count). The summed E-state index contributed by atoms with van der Waals surface area (Å²) in [7, 11) is 0. The summed E-state index contributed by atoms with van der Waals surface area (Å²) in [5, 5.41) is 18.9. The molecule has 108 valence electrons. The van der Waals surface area contributed by atoms with E-state index in [4.69, 9.17) is 0 Å². The third-order valence-corrected chi connectivity index (χ3v) is 4.45. The van der Waals surface area contributed by atoms with Crippen molar-refractivity contribution in [2.75, 3.05) is 0 Å². The Kier molecular flexibility index (Phi) is 3.50. The molecule has 1 aromatic heterocycles. The summed E-state index contributed by atoms with van der Waals surface area (Å²) >= 11 is 1.30. The number of hydrogen-bond acceptors (Lipinski definition) is 5. The van der Waals surface area contributed by atoms with Gasteiger partial charge in [-0.25, -0.2) is 0 Å². The highest BCUT2D eigenvalue weighted by molar-refractivity contribution is 8.15. The fourth-order valence-electron chi connectivity index (χ4n) is 2.15. The molecule has 2 N–H and O–H groups in total. The molecule has 0 saturated carbocycles. The third-order valence-electron chi connectivity index (χ3n) is 3.24. The van der Waals surface area contributed by atoms with E-state index < -0.39 is 0 Å². The lowest BCUT2D eigenvalue weighted by Gasteiger charge is -1.98. The zero-order valence-corrected chi connectivity index (χ0v) is 12.4. The van der Waals surface area contributed by atoms with E-state index in [9.17, 15) is 9.90 Å². The van der Waals surface area contributed by atoms with Crippen molar-refractivity contribution in [3.05, 3.63) is 23.8 Å². The van der Waals surface area contributed by atoms with Gasteiger partial charge in [-0.2, -0.15) is 4.99 Å². The van der Waals surface area contributed by atoms with Crippen LogP contribution in [0, 0.1) is 6.92 Å². The van der Waals surface area contributed by atoms with Crippen LogP contribution in [0.15, 0.2) is 33.4 Å². The lowest BCUT2D eigenvalue weighted by molar-refractivity contribution is -0.117. The van der Waals surface area contributed by atoms with E-state index >= 15 is 0 Å². The minimum absolute atomic E-state index is 0.0404. The molecule has 6 nitrogen and oxygen atoms in total. The summed E-state index contributed by atoms with van der Waals surface area (Å²) in [6, 6.07) is 5.74. The van der Waals surface area contributed by atoms with E-state index in [-0.39, 0.29) is 17.0 Å². The second kappa shape index (κ2) is 5.33. The number of carbonyl (C=O) groups excluding carboxylic acids is 1. The SMILES string of the molecule is CCC1SC(N=Nc2c(O)[nH]c3ccc(C)cc23)=NC1=O. The maximum Gasteiger partial charge on any atom is 0.261 e.